The van der Waals surface area contributed by atoms with Crippen LogP contribution in [0.5, 0.6) is 11.5 Å². The maximum Gasteiger partial charge on any atom is 0.308 e. The highest BCUT2D eigenvalue weighted by atomic mass is 35.5. The molecule has 0 spiro atoms. The molecule has 3 aliphatic rings. The van der Waals surface area contributed by atoms with Crippen molar-refractivity contribution in [1.29, 1.82) is 0 Å². The van der Waals surface area contributed by atoms with Crippen LogP contribution in [0.4, 0.5) is 0 Å². The fourth-order valence-corrected chi connectivity index (χ4v) is 6.28. The molecule has 1 unspecified atom stereocenters. The van der Waals surface area contributed by atoms with Crippen LogP contribution < -0.4 is 14.8 Å². The van der Waals surface area contributed by atoms with E-state index in [4.69, 9.17) is 9.47 Å². The number of ether oxygens (including phenoxy) is 2. The number of nitrogens with zero attached hydrogens (tertiary/aromatic N) is 1. The maximum atomic E-state index is 12.3. The van der Waals surface area contributed by atoms with Crippen LogP contribution in [0.25, 0.3) is 0 Å². The zero-order valence-corrected chi connectivity index (χ0v) is 22.1. The molecule has 0 amide bonds. The van der Waals surface area contributed by atoms with Crippen LogP contribution in [-0.2, 0) is 11.3 Å². The average molecular weight is 523 g/mol. The van der Waals surface area contributed by atoms with Crippen molar-refractivity contribution in [2.75, 3.05) is 27.3 Å². The fraction of sp³-hybridized carbons (Fsp3) is 0.367. The summed E-state index contributed by atoms with van der Waals surface area (Å²) < 4.78 is 11.1. The molecule has 2 bridgehead atoms. The first-order valence-electron chi connectivity index (χ1n) is 12.6. The van der Waals surface area contributed by atoms with Crippen LogP contribution in [0.3, 0.4) is 0 Å². The first-order valence-corrected chi connectivity index (χ1v) is 12.6. The summed E-state index contributed by atoms with van der Waals surface area (Å²) in [6.45, 7) is 2.06. The Labute approximate surface area is 225 Å². The summed E-state index contributed by atoms with van der Waals surface area (Å²) in [7, 11) is 3.33. The molecule has 0 aromatic heterocycles. The monoisotopic (exact) mass is 522 g/mol. The van der Waals surface area contributed by atoms with E-state index < -0.39 is 5.97 Å². The van der Waals surface area contributed by atoms with Gasteiger partial charge in [0.1, 0.15) is 11.5 Å². The fourth-order valence-electron chi connectivity index (χ4n) is 6.28. The Morgan fingerprint density at radius 1 is 1.00 bits per heavy atom. The highest BCUT2D eigenvalue weighted by molar-refractivity contribution is 5.85. The van der Waals surface area contributed by atoms with E-state index >= 15 is 0 Å². The summed E-state index contributed by atoms with van der Waals surface area (Å²) in [5.41, 5.74) is 3.49. The molecule has 0 aliphatic carbocycles. The van der Waals surface area contributed by atoms with Gasteiger partial charge in [-0.25, -0.2) is 0 Å². The largest absolute Gasteiger partial charge is 0.497 e. The van der Waals surface area contributed by atoms with Crippen LogP contribution >= 0.6 is 12.4 Å². The minimum Gasteiger partial charge on any atom is -0.497 e. The summed E-state index contributed by atoms with van der Waals surface area (Å²) >= 11 is 0. The third-order valence-corrected chi connectivity index (χ3v) is 7.94. The SMILES string of the molecule is COc1ccc(OC)c(CN[C@H]2[C@H]3CCN(C[C@@H]3C(=O)O)[C@@H]2C(c2ccccc2)c2ccccc2)c1.Cl. The summed E-state index contributed by atoms with van der Waals surface area (Å²) in [6.07, 6.45) is 0.872. The second-order valence-corrected chi connectivity index (χ2v) is 9.77. The Balaban J connectivity index is 0.00000320. The predicted octanol–water partition coefficient (Wildman–Crippen LogP) is 4.82. The third kappa shape index (κ3) is 5.47. The van der Waals surface area contributed by atoms with Crippen molar-refractivity contribution in [1.82, 2.24) is 10.2 Å². The molecule has 37 heavy (non-hydrogen) atoms. The van der Waals surface area contributed by atoms with E-state index in [1.165, 1.54) is 11.1 Å². The zero-order chi connectivity index (χ0) is 25.1. The third-order valence-electron chi connectivity index (χ3n) is 7.94. The van der Waals surface area contributed by atoms with Gasteiger partial charge in [0.05, 0.1) is 20.1 Å². The Hall–Kier alpha value is -3.06. The van der Waals surface area contributed by atoms with E-state index in [0.29, 0.717) is 13.1 Å². The molecule has 3 heterocycles. The zero-order valence-electron chi connectivity index (χ0n) is 21.2. The molecule has 7 heteroatoms. The number of rotatable bonds is 9. The van der Waals surface area contributed by atoms with E-state index in [1.807, 2.05) is 30.3 Å². The van der Waals surface area contributed by atoms with Crippen molar-refractivity contribution in [3.8, 4) is 11.5 Å². The van der Waals surface area contributed by atoms with Gasteiger partial charge >= 0.3 is 5.97 Å². The molecule has 0 radical (unpaired) electrons. The van der Waals surface area contributed by atoms with Crippen LogP contribution in [0.1, 0.15) is 29.0 Å². The molecular formula is C30H35ClN2O4. The number of methoxy groups -OCH3 is 2. The van der Waals surface area contributed by atoms with Crippen LogP contribution in [0, 0.1) is 11.8 Å². The molecule has 6 rings (SSSR count). The predicted molar refractivity (Wildman–Crippen MR) is 147 cm³/mol. The van der Waals surface area contributed by atoms with Gasteiger partial charge in [0.25, 0.3) is 0 Å². The standard InChI is InChI=1S/C30H34N2O4.ClH/c1-35-23-13-14-26(36-2)22(17-23)18-31-28-24-15-16-32(19-25(24)30(33)34)29(28)27(20-9-5-3-6-10-20)21-11-7-4-8-12-21;/h3-14,17,24-25,27-29,31H,15-16,18-19H2,1-2H3,(H,33,34);1H/t24-,25-,28-,29+;/m0./s1. The first-order chi connectivity index (χ1) is 17.6. The lowest BCUT2D eigenvalue weighted by molar-refractivity contribution is -0.152. The number of aliphatic carboxylic acids is 1. The van der Waals surface area contributed by atoms with Crippen LogP contribution in [-0.4, -0.2) is 55.4 Å². The second-order valence-electron chi connectivity index (χ2n) is 9.77. The van der Waals surface area contributed by atoms with Gasteiger partial charge in [-0.2, -0.15) is 0 Å². The number of benzene rings is 3. The molecule has 3 fully saturated rings. The van der Waals surface area contributed by atoms with Crippen molar-refractivity contribution < 1.29 is 19.4 Å². The van der Waals surface area contributed by atoms with Gasteiger partial charge < -0.3 is 19.9 Å². The summed E-state index contributed by atoms with van der Waals surface area (Å²) in [6, 6.07) is 27.1. The van der Waals surface area contributed by atoms with Crippen molar-refractivity contribution in [3.05, 3.63) is 95.6 Å². The Morgan fingerprint density at radius 2 is 1.65 bits per heavy atom. The molecule has 3 aromatic carbocycles. The molecular weight excluding hydrogens is 488 g/mol. The van der Waals surface area contributed by atoms with Crippen molar-refractivity contribution in [2.24, 2.45) is 11.8 Å². The van der Waals surface area contributed by atoms with Crippen molar-refractivity contribution >= 4 is 18.4 Å². The minimum atomic E-state index is -0.704. The number of hydrogen-bond donors (Lipinski definition) is 2. The van der Waals surface area contributed by atoms with Crippen LogP contribution in [0.15, 0.2) is 78.9 Å². The van der Waals surface area contributed by atoms with Gasteiger partial charge in [0, 0.05) is 36.7 Å². The van der Waals surface area contributed by atoms with E-state index in [-0.39, 0.29) is 42.2 Å². The smallest absolute Gasteiger partial charge is 0.308 e. The van der Waals surface area contributed by atoms with E-state index in [9.17, 15) is 9.90 Å². The lowest BCUT2D eigenvalue weighted by atomic mass is 9.66. The first kappa shape index (κ1) is 27.0. The van der Waals surface area contributed by atoms with Crippen LogP contribution in [0.2, 0.25) is 0 Å². The van der Waals surface area contributed by atoms with E-state index in [2.05, 4.69) is 58.7 Å². The minimum absolute atomic E-state index is 0. The summed E-state index contributed by atoms with van der Waals surface area (Å²) in [5.74, 6) is 0.641. The summed E-state index contributed by atoms with van der Waals surface area (Å²) in [4.78, 5) is 14.7. The van der Waals surface area contributed by atoms with Gasteiger partial charge in [-0.3, -0.25) is 9.69 Å². The molecule has 2 N–H and O–H groups in total. The Morgan fingerprint density at radius 3 is 2.22 bits per heavy atom. The second kappa shape index (κ2) is 12.0. The van der Waals surface area contributed by atoms with Gasteiger partial charge in [0.15, 0.2) is 0 Å². The number of carboxylic acids is 1. The van der Waals surface area contributed by atoms with Crippen molar-refractivity contribution in [3.63, 3.8) is 0 Å². The number of fused-ring (bicyclic) bond motifs is 3. The quantitative estimate of drug-likeness (QED) is 0.420. The number of hydrogen-bond acceptors (Lipinski definition) is 5. The lowest BCUT2D eigenvalue weighted by Crippen LogP contribution is -2.68. The topological polar surface area (TPSA) is 71.0 Å². The highest BCUT2D eigenvalue weighted by Gasteiger charge is 2.52. The normalized spacial score (nSPS) is 24.4. The van der Waals surface area contributed by atoms with E-state index in [0.717, 1.165) is 30.0 Å². The van der Waals surface area contributed by atoms with Gasteiger partial charge in [-0.05, 0) is 48.2 Å². The Bertz CT molecular complexity index is 1140. The van der Waals surface area contributed by atoms with Crippen molar-refractivity contribution in [2.45, 2.75) is 31.0 Å². The molecule has 3 aliphatic heterocycles. The highest BCUT2D eigenvalue weighted by Crippen LogP contribution is 2.44. The lowest BCUT2D eigenvalue weighted by Gasteiger charge is -2.56. The maximum absolute atomic E-state index is 12.3. The number of carboxylic acid groups (broad SMARTS) is 1. The number of piperidine rings is 3. The number of carbonyl (C=O) groups is 1. The molecule has 3 aromatic rings. The average Bonchev–Trinajstić information content (AvgIpc) is 2.93. The number of halogens is 1. The molecule has 0 saturated carbocycles. The summed E-state index contributed by atoms with van der Waals surface area (Å²) in [5, 5.41) is 13.9. The van der Waals surface area contributed by atoms with Gasteiger partial charge in [-0.1, -0.05) is 60.7 Å². The Kier molecular flexibility index (Phi) is 8.75. The molecule has 3 saturated heterocycles. The molecule has 5 atom stereocenters. The van der Waals surface area contributed by atoms with Gasteiger partial charge in [-0.15, -0.1) is 12.4 Å². The van der Waals surface area contributed by atoms with E-state index in [1.54, 1.807) is 14.2 Å². The van der Waals surface area contributed by atoms with Gasteiger partial charge in [0.2, 0.25) is 0 Å². The number of nitrogens with one attached hydrogen (secondary N) is 1. The molecule has 196 valence electrons. The molecule has 6 nitrogen and oxygen atoms in total.